The molecule has 0 unspecified atom stereocenters. The lowest BCUT2D eigenvalue weighted by atomic mass is 10.1. The lowest BCUT2D eigenvalue weighted by Crippen LogP contribution is -2.30. The summed E-state index contributed by atoms with van der Waals surface area (Å²) >= 11 is 0. The topological polar surface area (TPSA) is 68.1 Å². The maximum absolute atomic E-state index is 12.3. The molecule has 1 aromatic heterocycles. The highest BCUT2D eigenvalue weighted by molar-refractivity contribution is 6.21. The fourth-order valence-corrected chi connectivity index (χ4v) is 3.31. The summed E-state index contributed by atoms with van der Waals surface area (Å²) in [5.74, 6) is -0.362. The fourth-order valence-electron chi connectivity index (χ4n) is 3.31. The van der Waals surface area contributed by atoms with Crippen LogP contribution in [0.15, 0.2) is 60.8 Å². The minimum absolute atomic E-state index is 0.181. The number of carbonyl (C=O) groups is 2. The van der Waals surface area contributed by atoms with Gasteiger partial charge in [-0.1, -0.05) is 47.7 Å². The van der Waals surface area contributed by atoms with Crippen molar-refractivity contribution >= 4 is 11.8 Å². The summed E-state index contributed by atoms with van der Waals surface area (Å²) in [6.45, 7) is 1.22. The van der Waals surface area contributed by atoms with Crippen LogP contribution < -0.4 is 0 Å². The second kappa shape index (κ2) is 7.53. The number of hydrogen-bond acceptors (Lipinski definition) is 4. The Morgan fingerprint density at radius 3 is 2.07 bits per heavy atom. The first kappa shape index (κ1) is 17.1. The van der Waals surface area contributed by atoms with E-state index in [1.807, 2.05) is 41.2 Å². The van der Waals surface area contributed by atoms with Crippen LogP contribution in [0.1, 0.15) is 40.0 Å². The quantitative estimate of drug-likeness (QED) is 0.478. The number of aromatic nitrogens is 3. The largest absolute Gasteiger partial charge is 0.274 e. The van der Waals surface area contributed by atoms with Crippen molar-refractivity contribution in [2.45, 2.75) is 25.8 Å². The van der Waals surface area contributed by atoms with E-state index in [1.54, 1.807) is 24.3 Å². The van der Waals surface area contributed by atoms with Crippen molar-refractivity contribution in [1.82, 2.24) is 19.9 Å². The molecule has 0 aliphatic carbocycles. The van der Waals surface area contributed by atoms with Crippen LogP contribution in [-0.4, -0.2) is 38.3 Å². The molecule has 0 atom stereocenters. The van der Waals surface area contributed by atoms with E-state index >= 15 is 0 Å². The molecule has 0 bridgehead atoms. The molecule has 4 rings (SSSR count). The van der Waals surface area contributed by atoms with E-state index < -0.39 is 0 Å². The van der Waals surface area contributed by atoms with Crippen LogP contribution in [0, 0.1) is 0 Å². The molecule has 1 aliphatic heterocycles. The predicted octanol–water partition coefficient (Wildman–Crippen LogP) is 3.41. The molecule has 0 radical (unpaired) electrons. The minimum Gasteiger partial charge on any atom is -0.274 e. The van der Waals surface area contributed by atoms with Gasteiger partial charge >= 0.3 is 0 Å². The van der Waals surface area contributed by atoms with Crippen molar-refractivity contribution in [1.29, 1.82) is 0 Å². The highest BCUT2D eigenvalue weighted by Crippen LogP contribution is 2.22. The molecule has 0 N–H and O–H groups in total. The maximum atomic E-state index is 12.3. The van der Waals surface area contributed by atoms with E-state index in [0.29, 0.717) is 17.7 Å². The van der Waals surface area contributed by atoms with Gasteiger partial charge < -0.3 is 0 Å². The van der Waals surface area contributed by atoms with Gasteiger partial charge in [0.15, 0.2) is 0 Å². The summed E-state index contributed by atoms with van der Waals surface area (Å²) < 4.78 is 1.84. The number of rotatable bonds is 7. The number of hydrogen-bond donors (Lipinski definition) is 0. The number of fused-ring (bicyclic) bond motifs is 1. The third kappa shape index (κ3) is 3.51. The normalized spacial score (nSPS) is 13.3. The Morgan fingerprint density at radius 1 is 0.741 bits per heavy atom. The standard InChI is InChI=1S/C21H20N4O2/c26-20-17-11-5-6-12-18(17)21(27)25(20)14-8-2-7-13-24-15-19(22-23-24)16-9-3-1-4-10-16/h1,3-6,9-12,15H,2,7-8,13-14H2. The van der Waals surface area contributed by atoms with E-state index in [-0.39, 0.29) is 11.8 Å². The van der Waals surface area contributed by atoms with Gasteiger partial charge in [0.1, 0.15) is 5.69 Å². The van der Waals surface area contributed by atoms with E-state index in [1.165, 1.54) is 4.90 Å². The summed E-state index contributed by atoms with van der Waals surface area (Å²) in [7, 11) is 0. The van der Waals surface area contributed by atoms with Crippen molar-refractivity contribution < 1.29 is 9.59 Å². The Bertz CT molecular complexity index is 930. The first-order valence-electron chi connectivity index (χ1n) is 9.15. The first-order valence-corrected chi connectivity index (χ1v) is 9.15. The summed E-state index contributed by atoms with van der Waals surface area (Å²) in [5.41, 5.74) is 2.94. The van der Waals surface area contributed by atoms with Crippen molar-refractivity contribution in [3.05, 3.63) is 71.9 Å². The average molecular weight is 360 g/mol. The molecule has 2 heterocycles. The zero-order valence-corrected chi connectivity index (χ0v) is 14.9. The molecule has 0 saturated carbocycles. The number of carbonyl (C=O) groups excluding carboxylic acids is 2. The number of amides is 2. The van der Waals surface area contributed by atoms with Crippen LogP contribution in [0.25, 0.3) is 11.3 Å². The summed E-state index contributed by atoms with van der Waals surface area (Å²) in [6, 6.07) is 17.0. The van der Waals surface area contributed by atoms with E-state index in [9.17, 15) is 9.59 Å². The molecule has 1 aliphatic rings. The van der Waals surface area contributed by atoms with Gasteiger partial charge in [-0.25, -0.2) is 0 Å². The van der Waals surface area contributed by atoms with Gasteiger partial charge in [0.2, 0.25) is 0 Å². The first-order chi connectivity index (χ1) is 13.2. The van der Waals surface area contributed by atoms with Crippen molar-refractivity contribution in [2.75, 3.05) is 6.54 Å². The SMILES string of the molecule is O=C1c2ccccc2C(=O)N1CCCCCn1cc(-c2ccccc2)nn1. The summed E-state index contributed by atoms with van der Waals surface area (Å²) in [5, 5.41) is 8.37. The van der Waals surface area contributed by atoms with Gasteiger partial charge in [0.05, 0.1) is 17.3 Å². The Labute approximate surface area is 157 Å². The second-order valence-electron chi connectivity index (χ2n) is 6.60. The number of benzene rings is 2. The van der Waals surface area contributed by atoms with Crippen LogP contribution >= 0.6 is 0 Å². The number of unbranched alkanes of at least 4 members (excludes halogenated alkanes) is 2. The summed E-state index contributed by atoms with van der Waals surface area (Å²) in [4.78, 5) is 26.0. The summed E-state index contributed by atoms with van der Waals surface area (Å²) in [6.07, 6.45) is 4.56. The molecule has 6 heteroatoms. The average Bonchev–Trinajstić information content (AvgIpc) is 3.27. The highest BCUT2D eigenvalue weighted by atomic mass is 16.2. The molecule has 27 heavy (non-hydrogen) atoms. The molecule has 136 valence electrons. The Balaban J connectivity index is 1.24. The van der Waals surface area contributed by atoms with Crippen LogP contribution in [0.3, 0.4) is 0 Å². The minimum atomic E-state index is -0.181. The second-order valence-corrected chi connectivity index (χ2v) is 6.60. The van der Waals surface area contributed by atoms with Crippen LogP contribution in [0.5, 0.6) is 0 Å². The molecule has 3 aromatic rings. The van der Waals surface area contributed by atoms with E-state index in [2.05, 4.69) is 10.3 Å². The molecule has 2 amide bonds. The van der Waals surface area contributed by atoms with Crippen LogP contribution in [0.4, 0.5) is 0 Å². The number of imide groups is 1. The molecular weight excluding hydrogens is 340 g/mol. The van der Waals surface area contributed by atoms with Gasteiger partial charge in [0.25, 0.3) is 11.8 Å². The zero-order chi connectivity index (χ0) is 18.6. The van der Waals surface area contributed by atoms with E-state index in [0.717, 1.165) is 37.1 Å². The number of aryl methyl sites for hydroxylation is 1. The number of nitrogens with zero attached hydrogens (tertiary/aromatic N) is 4. The molecule has 0 saturated heterocycles. The van der Waals surface area contributed by atoms with Crippen LogP contribution in [-0.2, 0) is 6.54 Å². The molecule has 2 aromatic carbocycles. The van der Waals surface area contributed by atoms with E-state index in [4.69, 9.17) is 0 Å². The monoisotopic (exact) mass is 360 g/mol. The third-order valence-electron chi connectivity index (χ3n) is 4.76. The molecule has 0 spiro atoms. The Hall–Kier alpha value is -3.28. The van der Waals surface area contributed by atoms with Crippen molar-refractivity contribution in [3.8, 4) is 11.3 Å². The molecule has 6 nitrogen and oxygen atoms in total. The molecular formula is C21H20N4O2. The van der Waals surface area contributed by atoms with Crippen LogP contribution in [0.2, 0.25) is 0 Å². The van der Waals surface area contributed by atoms with Crippen molar-refractivity contribution in [3.63, 3.8) is 0 Å². The van der Waals surface area contributed by atoms with Gasteiger partial charge in [-0.2, -0.15) is 0 Å². The lowest BCUT2D eigenvalue weighted by molar-refractivity contribution is 0.0651. The van der Waals surface area contributed by atoms with Gasteiger partial charge in [0, 0.05) is 18.7 Å². The fraction of sp³-hybridized carbons (Fsp3) is 0.238. The van der Waals surface area contributed by atoms with Gasteiger partial charge in [-0.05, 0) is 31.4 Å². The lowest BCUT2D eigenvalue weighted by Gasteiger charge is -2.13. The third-order valence-corrected chi connectivity index (χ3v) is 4.76. The molecule has 0 fully saturated rings. The van der Waals surface area contributed by atoms with Gasteiger partial charge in [-0.3, -0.25) is 19.2 Å². The predicted molar refractivity (Wildman–Crippen MR) is 101 cm³/mol. The van der Waals surface area contributed by atoms with Gasteiger partial charge in [-0.15, -0.1) is 5.10 Å². The zero-order valence-electron chi connectivity index (χ0n) is 14.9. The highest BCUT2D eigenvalue weighted by Gasteiger charge is 2.34. The Morgan fingerprint density at radius 2 is 1.37 bits per heavy atom. The van der Waals surface area contributed by atoms with Crippen molar-refractivity contribution in [2.24, 2.45) is 0 Å². The maximum Gasteiger partial charge on any atom is 0.261 e. The smallest absolute Gasteiger partial charge is 0.261 e. The Kier molecular flexibility index (Phi) is 4.78.